The molecular formula is C18H21N3O2. The molecule has 5 nitrogen and oxygen atoms in total. The normalized spacial score (nSPS) is 18.2. The highest BCUT2D eigenvalue weighted by atomic mass is 16.5. The molecule has 2 heterocycles. The number of hydroxylamine groups is 1. The van der Waals surface area contributed by atoms with E-state index in [2.05, 4.69) is 34.9 Å². The van der Waals surface area contributed by atoms with Gasteiger partial charge in [0.25, 0.3) is 5.91 Å². The highest BCUT2D eigenvalue weighted by Crippen LogP contribution is 2.24. The first-order valence-electron chi connectivity index (χ1n) is 7.82. The fourth-order valence-corrected chi connectivity index (χ4v) is 3.02. The van der Waals surface area contributed by atoms with Gasteiger partial charge in [-0.3, -0.25) is 15.3 Å². The molecule has 5 heteroatoms. The Morgan fingerprint density at radius 3 is 2.43 bits per heavy atom. The third-order valence-corrected chi connectivity index (χ3v) is 4.24. The number of hydrogen-bond acceptors (Lipinski definition) is 4. The first-order valence-corrected chi connectivity index (χ1v) is 7.82. The van der Waals surface area contributed by atoms with Gasteiger partial charge in [-0.15, -0.1) is 0 Å². The summed E-state index contributed by atoms with van der Waals surface area (Å²) in [4.78, 5) is 11.2. The van der Waals surface area contributed by atoms with Gasteiger partial charge >= 0.3 is 0 Å². The Balaban J connectivity index is 0.000000140. The van der Waals surface area contributed by atoms with Crippen molar-refractivity contribution in [2.45, 2.75) is 25.6 Å². The molecule has 0 bridgehead atoms. The summed E-state index contributed by atoms with van der Waals surface area (Å²) in [6.07, 6.45) is 1.19. The number of nitrogens with one attached hydrogen (secondary N) is 3. The monoisotopic (exact) mass is 311 g/mol. The van der Waals surface area contributed by atoms with E-state index >= 15 is 0 Å². The van der Waals surface area contributed by atoms with Crippen molar-refractivity contribution in [2.24, 2.45) is 0 Å². The van der Waals surface area contributed by atoms with Gasteiger partial charge < -0.3 is 5.32 Å². The highest BCUT2D eigenvalue weighted by Gasteiger charge is 2.26. The van der Waals surface area contributed by atoms with Crippen LogP contribution in [0.25, 0.3) is 0 Å². The van der Waals surface area contributed by atoms with Crippen LogP contribution in [0.3, 0.4) is 0 Å². The zero-order valence-electron chi connectivity index (χ0n) is 12.9. The minimum absolute atomic E-state index is 0.412. The molecule has 0 aromatic heterocycles. The van der Waals surface area contributed by atoms with Crippen molar-refractivity contribution in [3.8, 4) is 0 Å². The number of carbonyl (C=O) groups is 1. The molecule has 2 aliphatic heterocycles. The van der Waals surface area contributed by atoms with Gasteiger partial charge in [-0.25, -0.2) is 5.48 Å². The number of amides is 1. The maximum absolute atomic E-state index is 11.2. The van der Waals surface area contributed by atoms with Crippen LogP contribution in [0, 0.1) is 0 Å². The Hall–Kier alpha value is -2.21. The minimum atomic E-state index is -0.416. The maximum Gasteiger partial charge on any atom is 0.265 e. The van der Waals surface area contributed by atoms with Gasteiger partial charge in [-0.05, 0) is 35.2 Å². The van der Waals surface area contributed by atoms with E-state index < -0.39 is 11.9 Å². The smallest absolute Gasteiger partial charge is 0.265 e. The van der Waals surface area contributed by atoms with Gasteiger partial charge in [0, 0.05) is 13.1 Å². The summed E-state index contributed by atoms with van der Waals surface area (Å²) in [6.45, 7) is 2.86. The van der Waals surface area contributed by atoms with Crippen LogP contribution >= 0.6 is 0 Å². The van der Waals surface area contributed by atoms with Crippen molar-refractivity contribution >= 4 is 5.91 Å². The lowest BCUT2D eigenvalue weighted by Gasteiger charge is -2.15. The van der Waals surface area contributed by atoms with E-state index in [1.807, 2.05) is 24.3 Å². The zero-order chi connectivity index (χ0) is 16.1. The second-order valence-electron chi connectivity index (χ2n) is 5.68. The Morgan fingerprint density at radius 2 is 1.70 bits per heavy atom. The van der Waals surface area contributed by atoms with E-state index in [0.29, 0.717) is 6.54 Å². The van der Waals surface area contributed by atoms with Crippen LogP contribution in [0.4, 0.5) is 0 Å². The predicted molar refractivity (Wildman–Crippen MR) is 87.8 cm³/mol. The fourth-order valence-electron chi connectivity index (χ4n) is 3.02. The number of rotatable bonds is 1. The van der Waals surface area contributed by atoms with Gasteiger partial charge in [0.2, 0.25) is 0 Å². The maximum atomic E-state index is 11.2. The van der Waals surface area contributed by atoms with Gasteiger partial charge in [0.1, 0.15) is 6.04 Å². The summed E-state index contributed by atoms with van der Waals surface area (Å²) in [6, 6.07) is 15.9. The molecule has 4 N–H and O–H groups in total. The molecule has 0 radical (unpaired) electrons. The van der Waals surface area contributed by atoms with Crippen LogP contribution in [0.1, 0.15) is 28.3 Å². The van der Waals surface area contributed by atoms with E-state index in [1.54, 1.807) is 5.48 Å². The van der Waals surface area contributed by atoms with Crippen LogP contribution in [0.5, 0.6) is 0 Å². The summed E-state index contributed by atoms with van der Waals surface area (Å²) in [5.74, 6) is -0.412. The molecule has 2 aromatic carbocycles. The summed E-state index contributed by atoms with van der Waals surface area (Å²) >= 11 is 0. The molecular weight excluding hydrogens is 290 g/mol. The van der Waals surface area contributed by atoms with Crippen LogP contribution in [-0.2, 0) is 24.3 Å². The van der Waals surface area contributed by atoms with Crippen LogP contribution in [0.15, 0.2) is 48.5 Å². The first kappa shape index (κ1) is 15.7. The summed E-state index contributed by atoms with van der Waals surface area (Å²) in [5.41, 5.74) is 6.67. The Labute approximate surface area is 135 Å². The zero-order valence-corrected chi connectivity index (χ0v) is 12.9. The number of benzene rings is 2. The average Bonchev–Trinajstić information content (AvgIpc) is 3.06. The summed E-state index contributed by atoms with van der Waals surface area (Å²) in [7, 11) is 0. The van der Waals surface area contributed by atoms with E-state index in [9.17, 15) is 4.79 Å². The van der Waals surface area contributed by atoms with E-state index in [1.165, 1.54) is 17.5 Å². The number of fused-ring (bicyclic) bond motifs is 2. The lowest BCUT2D eigenvalue weighted by Crippen LogP contribution is -2.31. The fraction of sp³-hybridized carbons (Fsp3) is 0.278. The SMILES string of the molecule is O=C(NO)C1NCc2ccccc21.c1ccc2c(c1)CCNC2. The second kappa shape index (κ2) is 7.37. The molecule has 0 saturated carbocycles. The second-order valence-corrected chi connectivity index (χ2v) is 5.68. The quantitative estimate of drug-likeness (QED) is 0.477. The summed E-state index contributed by atoms with van der Waals surface area (Å²) < 4.78 is 0. The van der Waals surface area contributed by atoms with E-state index in [4.69, 9.17) is 5.21 Å². The molecule has 1 amide bonds. The molecule has 23 heavy (non-hydrogen) atoms. The molecule has 0 saturated heterocycles. The van der Waals surface area contributed by atoms with Crippen LogP contribution in [-0.4, -0.2) is 17.7 Å². The topological polar surface area (TPSA) is 73.4 Å². The first-order chi connectivity index (χ1) is 11.3. The molecule has 4 rings (SSSR count). The Bertz CT molecular complexity index is 662. The molecule has 0 fully saturated rings. The molecule has 2 aromatic rings. The van der Waals surface area contributed by atoms with Gasteiger partial charge in [-0.1, -0.05) is 48.5 Å². The van der Waals surface area contributed by atoms with Crippen molar-refractivity contribution in [2.75, 3.05) is 6.54 Å². The third-order valence-electron chi connectivity index (χ3n) is 4.24. The van der Waals surface area contributed by atoms with E-state index in [0.717, 1.165) is 24.2 Å². The van der Waals surface area contributed by atoms with Gasteiger partial charge in [-0.2, -0.15) is 0 Å². The minimum Gasteiger partial charge on any atom is -0.312 e. The van der Waals surface area contributed by atoms with Gasteiger partial charge in [0.15, 0.2) is 0 Å². The van der Waals surface area contributed by atoms with Crippen molar-refractivity contribution in [3.63, 3.8) is 0 Å². The predicted octanol–water partition coefficient (Wildman–Crippen LogP) is 1.67. The third kappa shape index (κ3) is 3.59. The van der Waals surface area contributed by atoms with Crippen molar-refractivity contribution in [3.05, 3.63) is 70.8 Å². The largest absolute Gasteiger partial charge is 0.312 e. The highest BCUT2D eigenvalue weighted by molar-refractivity contribution is 5.83. The molecule has 120 valence electrons. The number of hydrogen-bond donors (Lipinski definition) is 4. The Morgan fingerprint density at radius 1 is 1.00 bits per heavy atom. The molecule has 0 spiro atoms. The standard InChI is InChI=1S/C9H10N2O2.C9H11N/c12-9(11-13)8-7-4-2-1-3-6(7)5-10-8;1-2-4-9-7-10-6-5-8(9)3-1/h1-4,8,10,13H,5H2,(H,11,12);1-4,10H,5-7H2. The molecule has 1 atom stereocenters. The van der Waals surface area contributed by atoms with Crippen molar-refractivity contribution < 1.29 is 10.0 Å². The summed E-state index contributed by atoms with van der Waals surface area (Å²) in [5, 5.41) is 14.8. The molecule has 1 unspecified atom stereocenters. The average molecular weight is 311 g/mol. The number of carbonyl (C=O) groups excluding carboxylic acids is 1. The molecule has 2 aliphatic rings. The van der Waals surface area contributed by atoms with Crippen molar-refractivity contribution in [1.82, 2.24) is 16.1 Å². The lowest BCUT2D eigenvalue weighted by atomic mass is 10.0. The van der Waals surface area contributed by atoms with Crippen LogP contribution in [0.2, 0.25) is 0 Å². The van der Waals surface area contributed by atoms with Crippen LogP contribution < -0.4 is 16.1 Å². The Kier molecular flexibility index (Phi) is 5.02. The van der Waals surface area contributed by atoms with Gasteiger partial charge in [0.05, 0.1) is 0 Å². The lowest BCUT2D eigenvalue weighted by molar-refractivity contribution is -0.131. The van der Waals surface area contributed by atoms with Crippen molar-refractivity contribution in [1.29, 1.82) is 0 Å². The van der Waals surface area contributed by atoms with E-state index in [-0.39, 0.29) is 0 Å². The molecule has 0 aliphatic carbocycles.